The number of ether oxygens (including phenoxy) is 1. The number of fused-ring (bicyclic) bond motifs is 3. The van der Waals surface area contributed by atoms with Crippen molar-refractivity contribution in [1.29, 1.82) is 0 Å². The Hall–Kier alpha value is -2.37. The standard InChI is InChI=1S/C19H21N3OS/c1-13(21-22-19(24)20-9-10-23-2)14-7-8-18-16(11-14)12-15-5-3-4-6-17(15)18/h3-8,11,21H,1,9-10,12H2,2H3,(H2,20,22,24). The summed E-state index contributed by atoms with van der Waals surface area (Å²) in [4.78, 5) is 0. The molecule has 124 valence electrons. The van der Waals surface area contributed by atoms with E-state index in [2.05, 4.69) is 65.2 Å². The van der Waals surface area contributed by atoms with Gasteiger partial charge in [-0.15, -0.1) is 0 Å². The van der Waals surface area contributed by atoms with Crippen LogP contribution >= 0.6 is 12.2 Å². The number of benzene rings is 2. The van der Waals surface area contributed by atoms with Crippen molar-refractivity contribution in [3.8, 4) is 11.1 Å². The number of hydrogen-bond acceptors (Lipinski definition) is 3. The quantitative estimate of drug-likeness (QED) is 0.366. The summed E-state index contributed by atoms with van der Waals surface area (Å²) in [6.45, 7) is 5.35. The number of nitrogens with one attached hydrogen (secondary N) is 3. The Labute approximate surface area is 147 Å². The summed E-state index contributed by atoms with van der Waals surface area (Å²) in [6, 6.07) is 15.0. The maximum atomic E-state index is 5.18. The molecule has 0 heterocycles. The van der Waals surface area contributed by atoms with Crippen LogP contribution in [0.5, 0.6) is 0 Å². The van der Waals surface area contributed by atoms with Crippen molar-refractivity contribution in [1.82, 2.24) is 16.2 Å². The van der Waals surface area contributed by atoms with Crippen LogP contribution in [0, 0.1) is 0 Å². The summed E-state index contributed by atoms with van der Waals surface area (Å²) in [7, 11) is 1.66. The van der Waals surface area contributed by atoms with E-state index < -0.39 is 0 Å². The minimum Gasteiger partial charge on any atom is -0.383 e. The predicted molar refractivity (Wildman–Crippen MR) is 102 cm³/mol. The second-order valence-corrected chi connectivity index (χ2v) is 6.09. The molecular weight excluding hydrogens is 318 g/mol. The SMILES string of the molecule is C=C(NNC(=S)NCCOC)c1ccc2c(c1)Cc1ccccc1-2. The molecule has 0 spiro atoms. The molecular formula is C19H21N3OS. The minimum absolute atomic E-state index is 0.516. The van der Waals surface area contributed by atoms with E-state index in [1.807, 2.05) is 0 Å². The fraction of sp³-hybridized carbons (Fsp3) is 0.211. The number of hydrazine groups is 1. The van der Waals surface area contributed by atoms with Crippen LogP contribution in [0.1, 0.15) is 16.7 Å². The molecule has 1 aliphatic carbocycles. The van der Waals surface area contributed by atoms with Crippen LogP contribution in [0.15, 0.2) is 49.0 Å². The van der Waals surface area contributed by atoms with Gasteiger partial charge in [0.2, 0.25) is 0 Å². The number of thiocarbonyl (C=S) groups is 1. The smallest absolute Gasteiger partial charge is 0.185 e. The topological polar surface area (TPSA) is 45.3 Å². The van der Waals surface area contributed by atoms with Crippen LogP contribution in [0.3, 0.4) is 0 Å². The lowest BCUT2D eigenvalue weighted by Gasteiger charge is -2.15. The molecule has 0 aromatic heterocycles. The van der Waals surface area contributed by atoms with E-state index in [0.29, 0.717) is 18.3 Å². The summed E-state index contributed by atoms with van der Waals surface area (Å²) in [5.41, 5.74) is 13.2. The van der Waals surface area contributed by atoms with Gasteiger partial charge >= 0.3 is 0 Å². The highest BCUT2D eigenvalue weighted by Crippen LogP contribution is 2.37. The maximum Gasteiger partial charge on any atom is 0.185 e. The number of hydrogen-bond donors (Lipinski definition) is 3. The van der Waals surface area contributed by atoms with Gasteiger partial charge in [0, 0.05) is 13.7 Å². The lowest BCUT2D eigenvalue weighted by Crippen LogP contribution is -2.43. The largest absolute Gasteiger partial charge is 0.383 e. The molecule has 0 amide bonds. The van der Waals surface area contributed by atoms with Crippen molar-refractivity contribution in [2.45, 2.75) is 6.42 Å². The molecule has 0 unspecified atom stereocenters. The first-order chi connectivity index (χ1) is 11.7. The fourth-order valence-electron chi connectivity index (χ4n) is 2.85. The van der Waals surface area contributed by atoms with Crippen molar-refractivity contribution in [2.75, 3.05) is 20.3 Å². The summed E-state index contributed by atoms with van der Waals surface area (Å²) < 4.78 is 4.97. The molecule has 0 saturated carbocycles. The summed E-state index contributed by atoms with van der Waals surface area (Å²) in [6.07, 6.45) is 0.969. The average Bonchev–Trinajstić information content (AvgIpc) is 2.97. The monoisotopic (exact) mass is 339 g/mol. The van der Waals surface area contributed by atoms with Gasteiger partial charge in [-0.1, -0.05) is 43.0 Å². The zero-order valence-corrected chi connectivity index (χ0v) is 14.5. The highest BCUT2D eigenvalue weighted by Gasteiger charge is 2.18. The van der Waals surface area contributed by atoms with E-state index in [9.17, 15) is 0 Å². The molecule has 0 aliphatic heterocycles. The Kier molecular flexibility index (Phi) is 5.13. The van der Waals surface area contributed by atoms with Gasteiger partial charge < -0.3 is 10.1 Å². The lowest BCUT2D eigenvalue weighted by atomic mass is 10.0. The van der Waals surface area contributed by atoms with Gasteiger partial charge in [-0.3, -0.25) is 10.9 Å². The Morgan fingerprint density at radius 3 is 2.75 bits per heavy atom. The van der Waals surface area contributed by atoms with Crippen LogP contribution in [0.2, 0.25) is 0 Å². The molecule has 0 fully saturated rings. The summed E-state index contributed by atoms with van der Waals surface area (Å²) >= 11 is 5.18. The molecule has 0 atom stereocenters. The predicted octanol–water partition coefficient (Wildman–Crippen LogP) is 2.84. The first kappa shape index (κ1) is 16.5. The minimum atomic E-state index is 0.516. The first-order valence-corrected chi connectivity index (χ1v) is 8.29. The Morgan fingerprint density at radius 1 is 1.12 bits per heavy atom. The third kappa shape index (κ3) is 3.58. The zero-order valence-electron chi connectivity index (χ0n) is 13.7. The first-order valence-electron chi connectivity index (χ1n) is 7.88. The Bertz CT molecular complexity index is 773. The normalized spacial score (nSPS) is 11.4. The molecule has 4 nitrogen and oxygen atoms in total. The van der Waals surface area contributed by atoms with Gasteiger partial charge in [-0.05, 0) is 52.5 Å². The van der Waals surface area contributed by atoms with Crippen LogP contribution < -0.4 is 16.2 Å². The van der Waals surface area contributed by atoms with Crippen LogP contribution in [-0.4, -0.2) is 25.4 Å². The fourth-order valence-corrected chi connectivity index (χ4v) is 3.00. The summed E-state index contributed by atoms with van der Waals surface area (Å²) in [5.74, 6) is 0. The van der Waals surface area contributed by atoms with Crippen molar-refractivity contribution in [3.05, 3.63) is 65.7 Å². The molecule has 0 bridgehead atoms. The Morgan fingerprint density at radius 2 is 1.92 bits per heavy atom. The van der Waals surface area contributed by atoms with Gasteiger partial charge in [-0.25, -0.2) is 0 Å². The molecule has 24 heavy (non-hydrogen) atoms. The molecule has 5 heteroatoms. The van der Waals surface area contributed by atoms with Crippen LogP contribution in [0.4, 0.5) is 0 Å². The molecule has 1 aliphatic rings. The third-order valence-corrected chi connectivity index (χ3v) is 4.31. The maximum absolute atomic E-state index is 5.18. The van der Waals surface area contributed by atoms with E-state index in [-0.39, 0.29) is 0 Å². The average molecular weight is 339 g/mol. The van der Waals surface area contributed by atoms with Gasteiger partial charge in [0.25, 0.3) is 0 Å². The van der Waals surface area contributed by atoms with Crippen LogP contribution in [0.25, 0.3) is 16.8 Å². The molecule has 0 radical (unpaired) electrons. The molecule has 0 saturated heterocycles. The highest BCUT2D eigenvalue weighted by atomic mass is 32.1. The summed E-state index contributed by atoms with van der Waals surface area (Å²) in [5, 5.41) is 3.55. The van der Waals surface area contributed by atoms with E-state index in [1.165, 1.54) is 22.3 Å². The van der Waals surface area contributed by atoms with Crippen molar-refractivity contribution >= 4 is 23.0 Å². The molecule has 3 N–H and O–H groups in total. The van der Waals surface area contributed by atoms with E-state index in [1.54, 1.807) is 7.11 Å². The van der Waals surface area contributed by atoms with E-state index >= 15 is 0 Å². The second-order valence-electron chi connectivity index (χ2n) is 5.68. The lowest BCUT2D eigenvalue weighted by molar-refractivity contribution is 0.204. The van der Waals surface area contributed by atoms with Crippen molar-refractivity contribution in [2.24, 2.45) is 0 Å². The second kappa shape index (κ2) is 7.47. The highest BCUT2D eigenvalue weighted by molar-refractivity contribution is 7.80. The van der Waals surface area contributed by atoms with Crippen molar-refractivity contribution in [3.63, 3.8) is 0 Å². The molecule has 2 aromatic carbocycles. The number of rotatable bonds is 6. The van der Waals surface area contributed by atoms with Gasteiger partial charge in [0.1, 0.15) is 0 Å². The molecule has 3 rings (SSSR count). The van der Waals surface area contributed by atoms with E-state index in [0.717, 1.165) is 17.7 Å². The van der Waals surface area contributed by atoms with Gasteiger partial charge in [-0.2, -0.15) is 0 Å². The Balaban J connectivity index is 1.61. The third-order valence-electron chi connectivity index (χ3n) is 4.06. The number of methoxy groups -OCH3 is 1. The molecule has 2 aromatic rings. The van der Waals surface area contributed by atoms with Crippen LogP contribution in [-0.2, 0) is 11.2 Å². The van der Waals surface area contributed by atoms with Gasteiger partial charge in [0.05, 0.1) is 12.3 Å². The van der Waals surface area contributed by atoms with Crippen molar-refractivity contribution < 1.29 is 4.74 Å². The zero-order chi connectivity index (χ0) is 16.9. The van der Waals surface area contributed by atoms with Gasteiger partial charge in [0.15, 0.2) is 5.11 Å². The van der Waals surface area contributed by atoms with E-state index in [4.69, 9.17) is 17.0 Å².